The van der Waals surface area contributed by atoms with Crippen molar-refractivity contribution in [3.63, 3.8) is 0 Å². The summed E-state index contributed by atoms with van der Waals surface area (Å²) in [5.74, 6) is 0.558. The summed E-state index contributed by atoms with van der Waals surface area (Å²) in [5, 5.41) is 13.0. The van der Waals surface area contributed by atoms with E-state index in [4.69, 9.17) is 16.3 Å². The van der Waals surface area contributed by atoms with Gasteiger partial charge in [-0.2, -0.15) is 0 Å². The Kier molecular flexibility index (Phi) is 7.99. The highest BCUT2D eigenvalue weighted by atomic mass is 35.5. The molecule has 4 aromatic rings. The highest BCUT2D eigenvalue weighted by molar-refractivity contribution is 6.30. The highest BCUT2D eigenvalue weighted by Crippen LogP contribution is 2.28. The summed E-state index contributed by atoms with van der Waals surface area (Å²) in [4.78, 5) is 34.9. The molecule has 0 radical (unpaired) electrons. The van der Waals surface area contributed by atoms with Crippen LogP contribution < -0.4 is 15.7 Å². The summed E-state index contributed by atoms with van der Waals surface area (Å²) in [7, 11) is 0. The lowest BCUT2D eigenvalue weighted by atomic mass is 9.85. The number of ether oxygens (including phenoxy) is 1. The summed E-state index contributed by atoms with van der Waals surface area (Å²) in [6, 6.07) is 13.0. The predicted molar refractivity (Wildman–Crippen MR) is 150 cm³/mol. The molecule has 5 rings (SSSR count). The number of nitrogens with zero attached hydrogens (tertiary/aromatic N) is 4. The summed E-state index contributed by atoms with van der Waals surface area (Å²) in [6.07, 6.45) is 6.05. The molecule has 39 heavy (non-hydrogen) atoms. The van der Waals surface area contributed by atoms with Crippen LogP contribution in [0.5, 0.6) is 5.88 Å². The normalized spacial score (nSPS) is 18.2. The lowest BCUT2D eigenvalue weighted by molar-refractivity contribution is 0.0919. The van der Waals surface area contributed by atoms with E-state index < -0.39 is 6.10 Å². The molecule has 3 aromatic heterocycles. The molecule has 204 valence electrons. The number of carbonyl (C=O) groups is 1. The summed E-state index contributed by atoms with van der Waals surface area (Å²) in [5.41, 5.74) is 3.37. The fourth-order valence-electron chi connectivity index (χ4n) is 5.18. The second kappa shape index (κ2) is 11.6. The van der Waals surface area contributed by atoms with E-state index in [1.165, 1.54) is 6.20 Å². The molecule has 1 saturated carbocycles. The van der Waals surface area contributed by atoms with Gasteiger partial charge in [0.1, 0.15) is 6.61 Å². The lowest BCUT2D eigenvalue weighted by Crippen LogP contribution is -2.39. The van der Waals surface area contributed by atoms with Crippen molar-refractivity contribution in [3.05, 3.63) is 81.6 Å². The Bertz CT molecular complexity index is 1520. The van der Waals surface area contributed by atoms with Gasteiger partial charge in [0.05, 0.1) is 45.3 Å². The summed E-state index contributed by atoms with van der Waals surface area (Å²) >= 11 is 6.04. The molecule has 1 amide bonds. The molecule has 0 saturated heterocycles. The first-order valence-corrected chi connectivity index (χ1v) is 13.6. The quantitative estimate of drug-likeness (QED) is 0.339. The Morgan fingerprint density at radius 3 is 2.56 bits per heavy atom. The fourth-order valence-corrected chi connectivity index (χ4v) is 5.34. The Hall–Kier alpha value is -3.69. The molecule has 0 unspecified atom stereocenters. The third-order valence-corrected chi connectivity index (χ3v) is 7.41. The molecule has 10 heteroatoms. The number of rotatable bonds is 8. The molecule has 1 aromatic carbocycles. The number of para-hydroxylation sites is 2. The van der Waals surface area contributed by atoms with Gasteiger partial charge in [0.2, 0.25) is 5.88 Å². The monoisotopic (exact) mass is 549 g/mol. The van der Waals surface area contributed by atoms with Crippen LogP contribution in [0.25, 0.3) is 16.7 Å². The minimum absolute atomic E-state index is 0.0748. The Balaban J connectivity index is 1.28. The first kappa shape index (κ1) is 26.9. The number of imidazole rings is 1. The molecule has 0 spiro atoms. The van der Waals surface area contributed by atoms with Crippen LogP contribution in [0.15, 0.2) is 59.7 Å². The van der Waals surface area contributed by atoms with Gasteiger partial charge in [0.25, 0.3) is 5.91 Å². The van der Waals surface area contributed by atoms with Gasteiger partial charge in [-0.05, 0) is 69.7 Å². The Labute approximate surface area is 231 Å². The molecule has 1 atom stereocenters. The second-order valence-electron chi connectivity index (χ2n) is 10.2. The molecule has 3 heterocycles. The van der Waals surface area contributed by atoms with Crippen LogP contribution in [-0.2, 0) is 6.54 Å². The number of benzene rings is 1. The van der Waals surface area contributed by atoms with E-state index in [0.717, 1.165) is 36.7 Å². The fraction of sp³-hybridized carbons (Fsp3) is 0.379. The third-order valence-electron chi connectivity index (χ3n) is 7.21. The molecule has 9 nitrogen and oxygen atoms in total. The lowest BCUT2D eigenvalue weighted by Gasteiger charge is -2.29. The molecule has 1 fully saturated rings. The van der Waals surface area contributed by atoms with Crippen molar-refractivity contribution in [3.8, 4) is 11.6 Å². The average molecular weight is 550 g/mol. The van der Waals surface area contributed by atoms with E-state index in [-0.39, 0.29) is 24.2 Å². The first-order valence-electron chi connectivity index (χ1n) is 13.2. The van der Waals surface area contributed by atoms with E-state index in [9.17, 15) is 14.7 Å². The van der Waals surface area contributed by atoms with E-state index >= 15 is 0 Å². The van der Waals surface area contributed by atoms with Crippen LogP contribution in [0, 0.1) is 12.8 Å². The molecule has 0 aliphatic heterocycles. The summed E-state index contributed by atoms with van der Waals surface area (Å²) in [6.45, 7) is 4.19. The van der Waals surface area contributed by atoms with Crippen molar-refractivity contribution < 1.29 is 14.6 Å². The van der Waals surface area contributed by atoms with Gasteiger partial charge < -0.3 is 15.2 Å². The van der Waals surface area contributed by atoms with E-state index in [1.807, 2.05) is 28.8 Å². The zero-order valence-electron chi connectivity index (χ0n) is 22.0. The zero-order chi connectivity index (χ0) is 27.5. The maximum atomic E-state index is 13.6. The van der Waals surface area contributed by atoms with Crippen molar-refractivity contribution in [1.82, 2.24) is 24.4 Å². The minimum Gasteiger partial charge on any atom is -0.475 e. The van der Waals surface area contributed by atoms with Crippen LogP contribution >= 0.6 is 11.6 Å². The largest absolute Gasteiger partial charge is 0.475 e. The number of fused-ring (bicyclic) bond motifs is 1. The van der Waals surface area contributed by atoms with E-state index in [2.05, 4.69) is 15.3 Å². The number of carbonyl (C=O) groups excluding carboxylic acids is 1. The van der Waals surface area contributed by atoms with E-state index in [0.29, 0.717) is 40.3 Å². The molecule has 1 aliphatic rings. The molecular formula is C29H32ClN5O4. The van der Waals surface area contributed by atoms with Gasteiger partial charge >= 0.3 is 5.69 Å². The number of nitrogens with one attached hydrogen (secondary N) is 1. The second-order valence-corrected chi connectivity index (χ2v) is 10.6. The van der Waals surface area contributed by atoms with Crippen molar-refractivity contribution in [2.45, 2.75) is 58.2 Å². The SMILES string of the molecule is Cc1ncc(Cl)cc1C(=O)NC1CCC(Cn2c(=O)n(-c3ccc(OC[C@@H](C)O)nc3)c3ccccc32)CC1. The van der Waals surface area contributed by atoms with E-state index in [1.54, 1.807) is 42.8 Å². The standard InChI is InChI=1S/C29H32ClN5O4/c1-18(36)17-39-27-12-11-23(15-32-27)35-26-6-4-3-5-25(26)34(29(35)38)16-20-7-9-22(10-8-20)33-28(37)24-13-21(30)14-31-19(24)2/h3-6,11-15,18,20,22,36H,7-10,16-17H2,1-2H3,(H,33,37)/t18-,20?,22?/m1/s1. The van der Waals surface area contributed by atoms with Crippen LogP contribution in [-0.4, -0.2) is 48.9 Å². The number of amides is 1. The van der Waals surface area contributed by atoms with Crippen LogP contribution in [0.3, 0.4) is 0 Å². The molecule has 1 aliphatic carbocycles. The smallest absolute Gasteiger partial charge is 0.333 e. The molecular weight excluding hydrogens is 518 g/mol. The first-order chi connectivity index (χ1) is 18.8. The van der Waals surface area contributed by atoms with Gasteiger partial charge in [-0.25, -0.2) is 9.78 Å². The Morgan fingerprint density at radius 1 is 1.13 bits per heavy atom. The van der Waals surface area contributed by atoms with Crippen molar-refractivity contribution >= 4 is 28.5 Å². The molecule has 0 bridgehead atoms. The number of hydrogen-bond donors (Lipinski definition) is 2. The van der Waals surface area contributed by atoms with Gasteiger partial charge in [-0.1, -0.05) is 23.7 Å². The minimum atomic E-state index is -0.595. The van der Waals surface area contributed by atoms with Crippen LogP contribution in [0.1, 0.15) is 48.7 Å². The number of hydrogen-bond acceptors (Lipinski definition) is 6. The van der Waals surface area contributed by atoms with Gasteiger partial charge in [-0.3, -0.25) is 18.9 Å². The predicted octanol–water partition coefficient (Wildman–Crippen LogP) is 4.29. The molecule has 2 N–H and O–H groups in total. The maximum absolute atomic E-state index is 13.6. The average Bonchev–Trinajstić information content (AvgIpc) is 3.21. The summed E-state index contributed by atoms with van der Waals surface area (Å²) < 4.78 is 8.98. The topological polar surface area (TPSA) is 111 Å². The number of halogens is 1. The number of aliphatic hydroxyl groups excluding tert-OH is 1. The van der Waals surface area contributed by atoms with Gasteiger partial charge in [0.15, 0.2) is 0 Å². The third kappa shape index (κ3) is 5.99. The van der Waals surface area contributed by atoms with Crippen LogP contribution in [0.2, 0.25) is 5.02 Å². The number of aryl methyl sites for hydroxylation is 1. The van der Waals surface area contributed by atoms with Crippen LogP contribution in [0.4, 0.5) is 0 Å². The number of aromatic nitrogens is 4. The van der Waals surface area contributed by atoms with Crippen molar-refractivity contribution in [1.29, 1.82) is 0 Å². The maximum Gasteiger partial charge on any atom is 0.333 e. The zero-order valence-corrected chi connectivity index (χ0v) is 22.8. The number of pyridine rings is 2. The van der Waals surface area contributed by atoms with Crippen molar-refractivity contribution in [2.24, 2.45) is 5.92 Å². The Morgan fingerprint density at radius 2 is 1.87 bits per heavy atom. The van der Waals surface area contributed by atoms with Gasteiger partial charge in [0, 0.05) is 24.8 Å². The highest BCUT2D eigenvalue weighted by Gasteiger charge is 2.25. The number of aliphatic hydroxyl groups is 1. The van der Waals surface area contributed by atoms with Crippen molar-refractivity contribution in [2.75, 3.05) is 6.61 Å². The van der Waals surface area contributed by atoms with Gasteiger partial charge in [-0.15, -0.1) is 0 Å².